The van der Waals surface area contributed by atoms with E-state index in [1.54, 1.807) is 17.0 Å². The summed E-state index contributed by atoms with van der Waals surface area (Å²) in [6.07, 6.45) is 0.179. The standard InChI is InChI=1S/C23H24FN3O3/c1-25-5-7-26(8-6-25)22(28)12-21-19-9-15-13-30-14-16(15)10-20(19)23(29)27(21)18-4-2-3-17(24)11-18/h2-4,9-11,21H,5-8,12-14H2,1H3. The maximum Gasteiger partial charge on any atom is 0.259 e. The molecule has 0 aromatic heterocycles. The largest absolute Gasteiger partial charge is 0.372 e. The predicted octanol–water partition coefficient (Wildman–Crippen LogP) is 2.72. The van der Waals surface area contributed by atoms with Gasteiger partial charge < -0.3 is 19.4 Å². The van der Waals surface area contributed by atoms with Gasteiger partial charge in [0.25, 0.3) is 5.91 Å². The van der Waals surface area contributed by atoms with Gasteiger partial charge in [-0.25, -0.2) is 4.39 Å². The number of hydrogen-bond donors (Lipinski definition) is 0. The van der Waals surface area contributed by atoms with Crippen LogP contribution < -0.4 is 4.90 Å². The fourth-order valence-electron chi connectivity index (χ4n) is 4.59. The molecule has 2 aromatic rings. The second-order valence-electron chi connectivity index (χ2n) is 8.26. The van der Waals surface area contributed by atoms with Crippen LogP contribution in [0.5, 0.6) is 0 Å². The minimum atomic E-state index is -0.452. The molecule has 0 aliphatic carbocycles. The van der Waals surface area contributed by atoms with Crippen molar-refractivity contribution in [3.63, 3.8) is 0 Å². The molecular weight excluding hydrogens is 385 g/mol. The lowest BCUT2D eigenvalue weighted by Gasteiger charge is -2.34. The first-order chi connectivity index (χ1) is 14.5. The van der Waals surface area contributed by atoms with E-state index in [-0.39, 0.29) is 18.2 Å². The minimum Gasteiger partial charge on any atom is -0.372 e. The van der Waals surface area contributed by atoms with E-state index in [9.17, 15) is 14.0 Å². The van der Waals surface area contributed by atoms with E-state index < -0.39 is 11.9 Å². The highest BCUT2D eigenvalue weighted by atomic mass is 19.1. The number of fused-ring (bicyclic) bond motifs is 2. The van der Waals surface area contributed by atoms with Gasteiger partial charge in [0.2, 0.25) is 5.91 Å². The van der Waals surface area contributed by atoms with Gasteiger partial charge in [-0.1, -0.05) is 12.1 Å². The van der Waals surface area contributed by atoms with Gasteiger partial charge in [-0.15, -0.1) is 0 Å². The van der Waals surface area contributed by atoms with E-state index >= 15 is 0 Å². The summed E-state index contributed by atoms with van der Waals surface area (Å²) in [5.41, 5.74) is 3.95. The first-order valence-electron chi connectivity index (χ1n) is 10.3. The Labute approximate surface area is 174 Å². The SMILES string of the molecule is CN1CCN(C(=O)CC2c3cc4c(cc3C(=O)N2c2cccc(F)c2)COC4)CC1. The van der Waals surface area contributed by atoms with Gasteiger partial charge in [0.05, 0.1) is 25.7 Å². The van der Waals surface area contributed by atoms with Crippen molar-refractivity contribution in [2.75, 3.05) is 38.1 Å². The topological polar surface area (TPSA) is 53.1 Å². The van der Waals surface area contributed by atoms with Crippen LogP contribution in [0.4, 0.5) is 10.1 Å². The molecule has 0 saturated carbocycles. The molecule has 5 rings (SSSR count). The summed E-state index contributed by atoms with van der Waals surface area (Å²) in [5, 5.41) is 0. The lowest BCUT2D eigenvalue weighted by molar-refractivity contribution is -0.133. The average molecular weight is 409 g/mol. The highest BCUT2D eigenvalue weighted by Gasteiger charge is 2.41. The zero-order valence-electron chi connectivity index (χ0n) is 16.9. The molecule has 3 aliphatic heterocycles. The molecule has 156 valence electrons. The van der Waals surface area contributed by atoms with Crippen molar-refractivity contribution >= 4 is 17.5 Å². The summed E-state index contributed by atoms with van der Waals surface area (Å²) in [5.74, 6) is -0.579. The van der Waals surface area contributed by atoms with Crippen LogP contribution in [0.2, 0.25) is 0 Å². The smallest absolute Gasteiger partial charge is 0.259 e. The van der Waals surface area contributed by atoms with Crippen LogP contribution in [0.15, 0.2) is 36.4 Å². The third-order valence-corrected chi connectivity index (χ3v) is 6.32. The van der Waals surface area contributed by atoms with Gasteiger partial charge in [-0.2, -0.15) is 0 Å². The number of rotatable bonds is 3. The zero-order chi connectivity index (χ0) is 20.8. The molecule has 0 radical (unpaired) electrons. The van der Waals surface area contributed by atoms with Crippen LogP contribution in [0.25, 0.3) is 0 Å². The number of nitrogens with zero attached hydrogens (tertiary/aromatic N) is 3. The van der Waals surface area contributed by atoms with Crippen molar-refractivity contribution in [1.29, 1.82) is 0 Å². The van der Waals surface area contributed by atoms with Crippen molar-refractivity contribution in [2.45, 2.75) is 25.7 Å². The number of ether oxygens (including phenoxy) is 1. The number of likely N-dealkylation sites (N-methyl/N-ethyl adjacent to an activating group) is 1. The summed E-state index contributed by atoms with van der Waals surface area (Å²) in [6.45, 7) is 4.03. The molecule has 0 spiro atoms. The summed E-state index contributed by atoms with van der Waals surface area (Å²) in [6, 6.07) is 9.45. The molecule has 1 unspecified atom stereocenters. The molecule has 7 heteroatoms. The Morgan fingerprint density at radius 2 is 1.83 bits per heavy atom. The van der Waals surface area contributed by atoms with Crippen molar-refractivity contribution in [3.8, 4) is 0 Å². The highest BCUT2D eigenvalue weighted by molar-refractivity contribution is 6.11. The molecule has 3 heterocycles. The number of benzene rings is 2. The molecule has 0 N–H and O–H groups in total. The number of amides is 2. The summed E-state index contributed by atoms with van der Waals surface area (Å²) in [7, 11) is 2.04. The third kappa shape index (κ3) is 3.28. The van der Waals surface area contributed by atoms with E-state index in [4.69, 9.17) is 4.74 Å². The molecular formula is C23H24FN3O3. The molecule has 30 heavy (non-hydrogen) atoms. The molecule has 3 aliphatic rings. The van der Waals surface area contributed by atoms with Crippen LogP contribution in [0.1, 0.15) is 39.5 Å². The molecule has 2 aromatic carbocycles. The Bertz CT molecular complexity index is 1020. The Morgan fingerprint density at radius 3 is 2.57 bits per heavy atom. The fourth-order valence-corrected chi connectivity index (χ4v) is 4.59. The van der Waals surface area contributed by atoms with Crippen molar-refractivity contribution in [2.24, 2.45) is 0 Å². The number of hydrogen-bond acceptors (Lipinski definition) is 4. The normalized spacial score (nSPS) is 21.1. The molecule has 2 amide bonds. The quantitative estimate of drug-likeness (QED) is 0.782. The maximum atomic E-state index is 14.0. The maximum absolute atomic E-state index is 14.0. The number of piperazine rings is 1. The van der Waals surface area contributed by atoms with Gasteiger partial charge in [0.15, 0.2) is 0 Å². The van der Waals surface area contributed by atoms with E-state index in [1.807, 2.05) is 24.1 Å². The fraction of sp³-hybridized carbons (Fsp3) is 0.391. The van der Waals surface area contributed by atoms with Crippen LogP contribution >= 0.6 is 0 Å². The third-order valence-electron chi connectivity index (χ3n) is 6.32. The second-order valence-corrected chi connectivity index (χ2v) is 8.26. The Morgan fingerprint density at radius 1 is 1.10 bits per heavy atom. The minimum absolute atomic E-state index is 0.0203. The first kappa shape index (κ1) is 19.2. The average Bonchev–Trinajstić information content (AvgIpc) is 3.29. The number of carbonyl (C=O) groups is 2. The van der Waals surface area contributed by atoms with E-state index in [0.29, 0.717) is 37.6 Å². The predicted molar refractivity (Wildman–Crippen MR) is 110 cm³/mol. The van der Waals surface area contributed by atoms with Crippen molar-refractivity contribution in [1.82, 2.24) is 9.80 Å². The monoisotopic (exact) mass is 409 g/mol. The number of anilines is 1. The van der Waals surface area contributed by atoms with Gasteiger partial charge in [-0.3, -0.25) is 9.59 Å². The lowest BCUT2D eigenvalue weighted by atomic mass is 9.96. The van der Waals surface area contributed by atoms with E-state index in [2.05, 4.69) is 4.90 Å². The second kappa shape index (κ2) is 7.49. The van der Waals surface area contributed by atoms with Gasteiger partial charge in [-0.05, 0) is 48.0 Å². The van der Waals surface area contributed by atoms with Gasteiger partial charge in [0.1, 0.15) is 5.82 Å². The van der Waals surface area contributed by atoms with Crippen molar-refractivity contribution in [3.05, 3.63) is 64.5 Å². The van der Waals surface area contributed by atoms with Gasteiger partial charge in [0, 0.05) is 37.4 Å². The molecule has 1 saturated heterocycles. The Balaban J connectivity index is 1.51. The Hall–Kier alpha value is -2.77. The molecule has 0 bridgehead atoms. The van der Waals surface area contributed by atoms with E-state index in [1.165, 1.54) is 12.1 Å². The molecule has 6 nitrogen and oxygen atoms in total. The first-order valence-corrected chi connectivity index (χ1v) is 10.3. The van der Waals surface area contributed by atoms with Crippen molar-refractivity contribution < 1.29 is 18.7 Å². The van der Waals surface area contributed by atoms with Crippen LogP contribution in [-0.4, -0.2) is 54.8 Å². The summed E-state index contributed by atoms with van der Waals surface area (Å²) >= 11 is 0. The number of halogens is 1. The van der Waals surface area contributed by atoms with Crippen LogP contribution in [-0.2, 0) is 22.7 Å². The van der Waals surface area contributed by atoms with Crippen LogP contribution in [0, 0.1) is 5.82 Å². The zero-order valence-corrected chi connectivity index (χ0v) is 16.9. The summed E-state index contributed by atoms with van der Waals surface area (Å²) < 4.78 is 19.5. The summed E-state index contributed by atoms with van der Waals surface area (Å²) in [4.78, 5) is 32.1. The Kier molecular flexibility index (Phi) is 4.79. The van der Waals surface area contributed by atoms with E-state index in [0.717, 1.165) is 29.8 Å². The molecule has 1 fully saturated rings. The number of carbonyl (C=O) groups excluding carboxylic acids is 2. The van der Waals surface area contributed by atoms with Crippen LogP contribution in [0.3, 0.4) is 0 Å². The highest BCUT2D eigenvalue weighted by Crippen LogP contribution is 2.42. The van der Waals surface area contributed by atoms with Gasteiger partial charge >= 0.3 is 0 Å². The lowest BCUT2D eigenvalue weighted by Crippen LogP contribution is -2.47. The molecule has 1 atom stereocenters.